The third kappa shape index (κ3) is 3.56. The molecule has 0 saturated carbocycles. The van der Waals surface area contributed by atoms with E-state index in [1.807, 2.05) is 0 Å². The molecule has 0 aliphatic heterocycles. The van der Waals surface area contributed by atoms with Gasteiger partial charge in [0.05, 0.1) is 31.7 Å². The third-order valence-corrected chi connectivity index (χ3v) is 2.77. The van der Waals surface area contributed by atoms with E-state index >= 15 is 0 Å². The van der Waals surface area contributed by atoms with Crippen molar-refractivity contribution < 1.29 is 19.1 Å². The molecule has 108 valence electrons. The van der Waals surface area contributed by atoms with Crippen LogP contribution < -0.4 is 10.1 Å². The van der Waals surface area contributed by atoms with Crippen LogP contribution in [0, 0.1) is 0 Å². The van der Waals surface area contributed by atoms with E-state index in [2.05, 4.69) is 15.0 Å². The Bertz CT molecular complexity index is 636. The van der Waals surface area contributed by atoms with E-state index in [4.69, 9.17) is 4.74 Å². The van der Waals surface area contributed by atoms with Crippen molar-refractivity contribution in [1.29, 1.82) is 0 Å². The predicted octanol–water partition coefficient (Wildman–Crippen LogP) is 2.13. The number of nitrogens with zero attached hydrogens (tertiary/aromatic N) is 1. The van der Waals surface area contributed by atoms with E-state index in [-0.39, 0.29) is 5.91 Å². The number of hydrogen-bond acceptors (Lipinski definition) is 5. The molecule has 0 aliphatic carbocycles. The van der Waals surface area contributed by atoms with Crippen molar-refractivity contribution in [3.8, 4) is 5.88 Å². The van der Waals surface area contributed by atoms with Gasteiger partial charge in [-0.1, -0.05) is 0 Å². The number of carbonyl (C=O) groups excluding carboxylic acids is 2. The Kier molecular flexibility index (Phi) is 4.50. The van der Waals surface area contributed by atoms with Gasteiger partial charge in [0, 0.05) is 11.6 Å². The standard InChI is InChI=1S/C15H14N2O4/c1-20-13-8-7-12(9-16-13)17-14(18)10-3-5-11(6-4-10)15(19)21-2/h3-9H,1-2H3,(H,17,18). The van der Waals surface area contributed by atoms with Gasteiger partial charge in [0.1, 0.15) is 0 Å². The van der Waals surface area contributed by atoms with Crippen molar-refractivity contribution in [2.24, 2.45) is 0 Å². The molecule has 0 atom stereocenters. The summed E-state index contributed by atoms with van der Waals surface area (Å²) >= 11 is 0. The first kappa shape index (κ1) is 14.5. The number of carbonyl (C=O) groups is 2. The zero-order chi connectivity index (χ0) is 15.2. The molecule has 21 heavy (non-hydrogen) atoms. The van der Waals surface area contributed by atoms with Crippen LogP contribution >= 0.6 is 0 Å². The molecule has 6 heteroatoms. The van der Waals surface area contributed by atoms with Gasteiger partial charge in [0.25, 0.3) is 5.91 Å². The largest absolute Gasteiger partial charge is 0.481 e. The number of nitrogens with one attached hydrogen (secondary N) is 1. The van der Waals surface area contributed by atoms with Gasteiger partial charge in [0.2, 0.25) is 5.88 Å². The molecule has 0 unspecified atom stereocenters. The minimum absolute atomic E-state index is 0.293. The quantitative estimate of drug-likeness (QED) is 0.871. The number of methoxy groups -OCH3 is 2. The summed E-state index contributed by atoms with van der Waals surface area (Å²) in [5, 5.41) is 2.70. The minimum atomic E-state index is -0.443. The Morgan fingerprint density at radius 3 is 2.19 bits per heavy atom. The van der Waals surface area contributed by atoms with Gasteiger partial charge < -0.3 is 14.8 Å². The average molecular weight is 286 g/mol. The topological polar surface area (TPSA) is 77.5 Å². The number of anilines is 1. The number of benzene rings is 1. The summed E-state index contributed by atoms with van der Waals surface area (Å²) in [6.45, 7) is 0. The van der Waals surface area contributed by atoms with Crippen LogP contribution in [0.15, 0.2) is 42.6 Å². The van der Waals surface area contributed by atoms with E-state index in [0.29, 0.717) is 22.7 Å². The Morgan fingerprint density at radius 2 is 1.67 bits per heavy atom. The molecule has 0 aliphatic rings. The summed E-state index contributed by atoms with van der Waals surface area (Å²) in [6.07, 6.45) is 1.50. The van der Waals surface area contributed by atoms with Crippen molar-refractivity contribution in [3.05, 3.63) is 53.7 Å². The number of ether oxygens (including phenoxy) is 2. The zero-order valence-electron chi connectivity index (χ0n) is 11.6. The summed E-state index contributed by atoms with van der Waals surface area (Å²) in [5.41, 5.74) is 1.37. The molecule has 1 aromatic heterocycles. The second-order valence-electron chi connectivity index (χ2n) is 4.11. The molecule has 0 bridgehead atoms. The maximum absolute atomic E-state index is 12.0. The lowest BCUT2D eigenvalue weighted by atomic mass is 10.1. The molecule has 2 aromatic rings. The van der Waals surface area contributed by atoms with Crippen LogP contribution in [0.1, 0.15) is 20.7 Å². The van der Waals surface area contributed by atoms with Gasteiger partial charge in [-0.15, -0.1) is 0 Å². The maximum atomic E-state index is 12.0. The second-order valence-corrected chi connectivity index (χ2v) is 4.11. The van der Waals surface area contributed by atoms with Crippen LogP contribution in [0.4, 0.5) is 5.69 Å². The van der Waals surface area contributed by atoms with Crippen molar-refractivity contribution in [2.45, 2.75) is 0 Å². The molecular formula is C15H14N2O4. The first-order chi connectivity index (χ1) is 10.1. The Hall–Kier alpha value is -2.89. The van der Waals surface area contributed by atoms with Crippen LogP contribution in [-0.4, -0.2) is 31.1 Å². The summed E-state index contributed by atoms with van der Waals surface area (Å²) < 4.78 is 9.53. The summed E-state index contributed by atoms with van der Waals surface area (Å²) in [6, 6.07) is 9.51. The minimum Gasteiger partial charge on any atom is -0.481 e. The summed E-state index contributed by atoms with van der Waals surface area (Å²) in [4.78, 5) is 27.3. The molecule has 0 saturated heterocycles. The smallest absolute Gasteiger partial charge is 0.337 e. The first-order valence-corrected chi connectivity index (χ1v) is 6.14. The van der Waals surface area contributed by atoms with Crippen molar-refractivity contribution in [2.75, 3.05) is 19.5 Å². The van der Waals surface area contributed by atoms with Crippen molar-refractivity contribution >= 4 is 17.6 Å². The lowest BCUT2D eigenvalue weighted by molar-refractivity contribution is 0.0600. The lowest BCUT2D eigenvalue weighted by Crippen LogP contribution is -2.12. The lowest BCUT2D eigenvalue weighted by Gasteiger charge is -2.06. The van der Waals surface area contributed by atoms with Gasteiger partial charge in [-0.25, -0.2) is 9.78 Å². The molecule has 1 N–H and O–H groups in total. The molecule has 0 spiro atoms. The number of esters is 1. The molecule has 0 radical (unpaired) electrons. The Balaban J connectivity index is 2.07. The van der Waals surface area contributed by atoms with Gasteiger partial charge in [-0.3, -0.25) is 4.79 Å². The SMILES string of the molecule is COC(=O)c1ccc(C(=O)Nc2ccc(OC)nc2)cc1. The van der Waals surface area contributed by atoms with E-state index in [9.17, 15) is 9.59 Å². The normalized spacial score (nSPS) is 9.81. The molecule has 0 fully saturated rings. The highest BCUT2D eigenvalue weighted by Gasteiger charge is 2.09. The van der Waals surface area contributed by atoms with Crippen LogP contribution in [0.5, 0.6) is 5.88 Å². The second kappa shape index (κ2) is 6.51. The van der Waals surface area contributed by atoms with Crippen molar-refractivity contribution in [1.82, 2.24) is 4.98 Å². The molecule has 1 heterocycles. The van der Waals surface area contributed by atoms with Crippen LogP contribution in [0.25, 0.3) is 0 Å². The fourth-order valence-corrected chi connectivity index (χ4v) is 1.65. The van der Waals surface area contributed by atoms with Gasteiger partial charge >= 0.3 is 5.97 Å². The summed E-state index contributed by atoms with van der Waals surface area (Å²) in [7, 11) is 2.82. The molecule has 2 rings (SSSR count). The van der Waals surface area contributed by atoms with Gasteiger partial charge in [0.15, 0.2) is 0 Å². The Morgan fingerprint density at radius 1 is 1.00 bits per heavy atom. The monoisotopic (exact) mass is 286 g/mol. The fraction of sp³-hybridized carbons (Fsp3) is 0.133. The number of pyridine rings is 1. The van der Waals surface area contributed by atoms with Crippen LogP contribution in [-0.2, 0) is 4.74 Å². The van der Waals surface area contributed by atoms with E-state index in [1.165, 1.54) is 32.5 Å². The highest BCUT2D eigenvalue weighted by atomic mass is 16.5. The van der Waals surface area contributed by atoms with Gasteiger partial charge in [-0.2, -0.15) is 0 Å². The van der Waals surface area contributed by atoms with E-state index < -0.39 is 5.97 Å². The number of rotatable bonds is 4. The maximum Gasteiger partial charge on any atom is 0.337 e. The fourth-order valence-electron chi connectivity index (χ4n) is 1.65. The molecular weight excluding hydrogens is 272 g/mol. The first-order valence-electron chi connectivity index (χ1n) is 6.14. The number of hydrogen-bond donors (Lipinski definition) is 1. The van der Waals surface area contributed by atoms with Crippen molar-refractivity contribution in [3.63, 3.8) is 0 Å². The number of aromatic nitrogens is 1. The highest BCUT2D eigenvalue weighted by Crippen LogP contribution is 2.13. The number of amides is 1. The summed E-state index contributed by atoms with van der Waals surface area (Å²) in [5.74, 6) is -0.268. The third-order valence-electron chi connectivity index (χ3n) is 2.77. The van der Waals surface area contributed by atoms with Crippen LogP contribution in [0.2, 0.25) is 0 Å². The molecule has 1 amide bonds. The molecule has 1 aromatic carbocycles. The van der Waals surface area contributed by atoms with Gasteiger partial charge in [-0.05, 0) is 30.3 Å². The highest BCUT2D eigenvalue weighted by molar-refractivity contribution is 6.04. The zero-order valence-corrected chi connectivity index (χ0v) is 11.6. The average Bonchev–Trinajstić information content (AvgIpc) is 2.55. The van der Waals surface area contributed by atoms with E-state index in [0.717, 1.165) is 0 Å². The molecule has 6 nitrogen and oxygen atoms in total. The Labute approximate surface area is 121 Å². The predicted molar refractivity (Wildman–Crippen MR) is 76.5 cm³/mol. The van der Waals surface area contributed by atoms with Crippen LogP contribution in [0.3, 0.4) is 0 Å². The van der Waals surface area contributed by atoms with E-state index in [1.54, 1.807) is 24.3 Å².